The number of rotatable bonds is 4. The first kappa shape index (κ1) is 12.8. The van der Waals surface area contributed by atoms with Gasteiger partial charge in [-0.05, 0) is 18.9 Å². The van der Waals surface area contributed by atoms with Gasteiger partial charge < -0.3 is 4.74 Å². The van der Waals surface area contributed by atoms with Crippen molar-refractivity contribution in [2.45, 2.75) is 19.0 Å². The number of nitrogens with one attached hydrogen (secondary N) is 1. The van der Waals surface area contributed by atoms with E-state index in [4.69, 9.17) is 4.74 Å². The third-order valence-electron chi connectivity index (χ3n) is 3.88. The Hall–Kier alpha value is -1.24. The summed E-state index contributed by atoms with van der Waals surface area (Å²) in [4.78, 5) is 17.2. The Morgan fingerprint density at radius 3 is 2.53 bits per heavy atom. The highest BCUT2D eigenvalue weighted by molar-refractivity contribution is 5.98. The smallest absolute Gasteiger partial charge is 0.212 e. The first-order chi connectivity index (χ1) is 9.36. The van der Waals surface area contributed by atoms with E-state index in [9.17, 15) is 4.79 Å². The minimum atomic E-state index is -0.160. The van der Waals surface area contributed by atoms with Crippen LogP contribution in [-0.2, 0) is 4.74 Å². The van der Waals surface area contributed by atoms with Crippen LogP contribution in [0.15, 0.2) is 12.3 Å². The molecule has 1 N–H and O–H groups in total. The topological polar surface area (TPSA) is 61.5 Å². The number of aromatic nitrogens is 2. The van der Waals surface area contributed by atoms with Crippen molar-refractivity contribution in [1.82, 2.24) is 20.0 Å². The molecule has 0 aliphatic carbocycles. The number of H-pyrrole nitrogens is 1. The summed E-state index contributed by atoms with van der Waals surface area (Å²) in [5.41, 5.74) is 0.600. The molecule has 3 rings (SSSR count). The third-order valence-corrected chi connectivity index (χ3v) is 3.88. The van der Waals surface area contributed by atoms with E-state index in [0.717, 1.165) is 26.2 Å². The number of carbonyl (C=O) groups excluding carboxylic acids is 1. The van der Waals surface area contributed by atoms with Crippen LogP contribution in [0.3, 0.4) is 0 Å². The van der Waals surface area contributed by atoms with E-state index in [-0.39, 0.29) is 11.9 Å². The van der Waals surface area contributed by atoms with Gasteiger partial charge in [-0.2, -0.15) is 5.10 Å². The molecule has 1 aromatic rings. The lowest BCUT2D eigenvalue weighted by atomic mass is 10.1. The summed E-state index contributed by atoms with van der Waals surface area (Å²) in [5.74, 6) is 0.126. The summed E-state index contributed by atoms with van der Waals surface area (Å²) in [5, 5.41) is 6.69. The van der Waals surface area contributed by atoms with E-state index in [2.05, 4.69) is 20.0 Å². The maximum atomic E-state index is 12.7. The molecule has 0 radical (unpaired) electrons. The molecule has 2 fully saturated rings. The molecule has 2 aliphatic rings. The highest BCUT2D eigenvalue weighted by atomic mass is 16.5. The Kier molecular flexibility index (Phi) is 3.91. The van der Waals surface area contributed by atoms with E-state index in [0.29, 0.717) is 18.9 Å². The fourth-order valence-corrected chi connectivity index (χ4v) is 2.90. The Balaban J connectivity index is 1.80. The third kappa shape index (κ3) is 2.70. The second-order valence-corrected chi connectivity index (χ2v) is 5.10. The van der Waals surface area contributed by atoms with E-state index >= 15 is 0 Å². The van der Waals surface area contributed by atoms with Gasteiger partial charge in [-0.25, -0.2) is 0 Å². The standard InChI is InChI=1S/C13H20N4O2/c18-12(11-3-4-14-15-11)13(16-5-1-2-6-16)17-7-9-19-10-8-17/h3-4,13H,1-2,5-10H2,(H,14,15). The van der Waals surface area contributed by atoms with Crippen molar-refractivity contribution in [3.8, 4) is 0 Å². The van der Waals surface area contributed by atoms with Crippen molar-refractivity contribution < 1.29 is 9.53 Å². The van der Waals surface area contributed by atoms with Gasteiger partial charge in [0.1, 0.15) is 11.9 Å². The summed E-state index contributed by atoms with van der Waals surface area (Å²) < 4.78 is 5.39. The number of nitrogens with zero attached hydrogens (tertiary/aromatic N) is 3. The second kappa shape index (κ2) is 5.81. The maximum absolute atomic E-state index is 12.7. The lowest BCUT2D eigenvalue weighted by molar-refractivity contribution is -0.0184. The van der Waals surface area contributed by atoms with Crippen LogP contribution in [0.25, 0.3) is 0 Å². The average molecular weight is 264 g/mol. The molecular formula is C13H20N4O2. The summed E-state index contributed by atoms with van der Waals surface area (Å²) in [6.07, 6.45) is 3.83. The summed E-state index contributed by atoms with van der Waals surface area (Å²) in [6, 6.07) is 1.76. The van der Waals surface area contributed by atoms with E-state index in [1.54, 1.807) is 12.3 Å². The van der Waals surface area contributed by atoms with Crippen molar-refractivity contribution in [1.29, 1.82) is 0 Å². The lowest BCUT2D eigenvalue weighted by Crippen LogP contribution is -2.55. The maximum Gasteiger partial charge on any atom is 0.212 e. The normalized spacial score (nSPS) is 23.6. The van der Waals surface area contributed by atoms with Crippen molar-refractivity contribution in [2.24, 2.45) is 0 Å². The summed E-state index contributed by atoms with van der Waals surface area (Å²) in [6.45, 7) is 5.06. The van der Waals surface area contributed by atoms with Gasteiger partial charge in [0, 0.05) is 32.4 Å². The molecule has 1 aromatic heterocycles. The van der Waals surface area contributed by atoms with Gasteiger partial charge in [0.2, 0.25) is 5.78 Å². The summed E-state index contributed by atoms with van der Waals surface area (Å²) in [7, 11) is 0. The molecule has 3 heterocycles. The van der Waals surface area contributed by atoms with Crippen molar-refractivity contribution in [2.75, 3.05) is 39.4 Å². The second-order valence-electron chi connectivity index (χ2n) is 5.10. The van der Waals surface area contributed by atoms with Crippen LogP contribution in [-0.4, -0.2) is 71.3 Å². The van der Waals surface area contributed by atoms with Crippen molar-refractivity contribution in [3.63, 3.8) is 0 Å². The van der Waals surface area contributed by atoms with Crippen LogP contribution in [0.2, 0.25) is 0 Å². The number of hydrogen-bond donors (Lipinski definition) is 1. The van der Waals surface area contributed by atoms with Crippen LogP contribution in [0.1, 0.15) is 23.3 Å². The van der Waals surface area contributed by atoms with Crippen LogP contribution in [0.4, 0.5) is 0 Å². The zero-order valence-corrected chi connectivity index (χ0v) is 11.0. The number of carbonyl (C=O) groups is 1. The van der Waals surface area contributed by atoms with Crippen molar-refractivity contribution >= 4 is 5.78 Å². The Labute approximate surface area is 112 Å². The highest BCUT2D eigenvalue weighted by Gasteiger charge is 2.35. The quantitative estimate of drug-likeness (QED) is 0.795. The Morgan fingerprint density at radius 1 is 1.21 bits per heavy atom. The van der Waals surface area contributed by atoms with Gasteiger partial charge in [-0.15, -0.1) is 0 Å². The molecule has 1 atom stereocenters. The number of likely N-dealkylation sites (tertiary alicyclic amines) is 1. The monoisotopic (exact) mass is 264 g/mol. The number of aromatic amines is 1. The summed E-state index contributed by atoms with van der Waals surface area (Å²) >= 11 is 0. The molecule has 1 unspecified atom stereocenters. The number of hydrogen-bond acceptors (Lipinski definition) is 5. The predicted molar refractivity (Wildman–Crippen MR) is 69.9 cm³/mol. The van der Waals surface area contributed by atoms with Gasteiger partial charge in [-0.1, -0.05) is 0 Å². The molecule has 0 aromatic carbocycles. The molecule has 0 saturated carbocycles. The number of morpholine rings is 1. The molecule has 0 bridgehead atoms. The molecule has 2 aliphatic heterocycles. The molecule has 6 heteroatoms. The fraction of sp³-hybridized carbons (Fsp3) is 0.692. The van der Waals surface area contributed by atoms with Crippen LogP contribution in [0, 0.1) is 0 Å². The van der Waals surface area contributed by atoms with Crippen LogP contribution < -0.4 is 0 Å². The van der Waals surface area contributed by atoms with E-state index in [1.165, 1.54) is 12.8 Å². The molecule has 2 saturated heterocycles. The predicted octanol–water partition coefficient (Wildman–Crippen LogP) is 0.347. The highest BCUT2D eigenvalue weighted by Crippen LogP contribution is 2.19. The van der Waals surface area contributed by atoms with Gasteiger partial charge in [0.05, 0.1) is 13.2 Å². The lowest BCUT2D eigenvalue weighted by Gasteiger charge is -2.38. The minimum absolute atomic E-state index is 0.126. The number of Topliss-reactive ketones (excluding diaryl/α,β-unsaturated/α-hetero) is 1. The molecule has 19 heavy (non-hydrogen) atoms. The van der Waals surface area contributed by atoms with E-state index in [1.807, 2.05) is 0 Å². The Morgan fingerprint density at radius 2 is 1.89 bits per heavy atom. The van der Waals surface area contributed by atoms with Crippen LogP contribution >= 0.6 is 0 Å². The first-order valence-corrected chi connectivity index (χ1v) is 6.96. The average Bonchev–Trinajstić information content (AvgIpc) is 3.13. The van der Waals surface area contributed by atoms with Crippen molar-refractivity contribution in [3.05, 3.63) is 18.0 Å². The zero-order chi connectivity index (χ0) is 13.1. The van der Waals surface area contributed by atoms with Gasteiger partial charge >= 0.3 is 0 Å². The molecule has 6 nitrogen and oxygen atoms in total. The molecule has 104 valence electrons. The molecule has 0 amide bonds. The Bertz CT molecular complexity index is 408. The van der Waals surface area contributed by atoms with Gasteiger partial charge in [0.15, 0.2) is 0 Å². The zero-order valence-electron chi connectivity index (χ0n) is 11.0. The van der Waals surface area contributed by atoms with Gasteiger partial charge in [0.25, 0.3) is 0 Å². The van der Waals surface area contributed by atoms with Crippen LogP contribution in [0.5, 0.6) is 0 Å². The fourth-order valence-electron chi connectivity index (χ4n) is 2.90. The molecular weight excluding hydrogens is 244 g/mol. The van der Waals surface area contributed by atoms with E-state index < -0.39 is 0 Å². The largest absolute Gasteiger partial charge is 0.379 e. The number of ether oxygens (including phenoxy) is 1. The molecule has 0 spiro atoms. The first-order valence-electron chi connectivity index (χ1n) is 6.96. The minimum Gasteiger partial charge on any atom is -0.379 e. The number of ketones is 1. The SMILES string of the molecule is O=C(c1ccn[nH]1)C(N1CCCC1)N1CCOCC1. The van der Waals surface area contributed by atoms with Gasteiger partial charge in [-0.3, -0.25) is 19.7 Å².